The molecule has 0 N–H and O–H groups in total. The predicted octanol–water partition coefficient (Wildman–Crippen LogP) is 1.54. The maximum Gasteiger partial charge on any atom is 0.509 e. The second-order valence-corrected chi connectivity index (χ2v) is 5.21. The van der Waals surface area contributed by atoms with Gasteiger partial charge in [0.05, 0.1) is 0 Å². The Morgan fingerprint density at radius 1 is 0.600 bits per heavy atom. The molecule has 162 valence electrons. The normalized spacial score (nSPS) is 8.73. The smallest absolute Gasteiger partial charge is 0.459 e. The molecule has 0 spiro atoms. The van der Waals surface area contributed by atoms with Crippen LogP contribution in [0.1, 0.15) is 13.8 Å². The monoisotopic (exact) mass is 422 g/mol. The van der Waals surface area contributed by atoms with Gasteiger partial charge in [0.15, 0.2) is 13.2 Å². The Bertz CT molecular complexity index is 707. The first kappa shape index (κ1) is 26.1. The van der Waals surface area contributed by atoms with Crippen molar-refractivity contribution in [2.45, 2.75) is 13.8 Å². The molecule has 10 nitrogen and oxygen atoms in total. The van der Waals surface area contributed by atoms with E-state index in [4.69, 9.17) is 9.47 Å². The quantitative estimate of drug-likeness (QED) is 0.168. The van der Waals surface area contributed by atoms with Crippen LogP contribution in [0.2, 0.25) is 0 Å². The third-order valence-corrected chi connectivity index (χ3v) is 2.53. The third kappa shape index (κ3) is 15.2. The molecule has 0 aromatic rings. The van der Waals surface area contributed by atoms with Gasteiger partial charge in [-0.2, -0.15) is 0 Å². The van der Waals surface area contributed by atoms with E-state index in [0.717, 1.165) is 0 Å². The van der Waals surface area contributed by atoms with Gasteiger partial charge in [0.25, 0.3) is 0 Å². The van der Waals surface area contributed by atoms with E-state index in [1.165, 1.54) is 13.8 Å². The molecule has 0 saturated heterocycles. The molecular weight excluding hydrogens is 400 g/mol. The molecule has 0 atom stereocenters. The average Bonchev–Trinajstić information content (AvgIpc) is 2.69. The van der Waals surface area contributed by atoms with Crippen LogP contribution in [0.15, 0.2) is 24.3 Å². The van der Waals surface area contributed by atoms with Gasteiger partial charge >= 0.3 is 24.2 Å². The van der Waals surface area contributed by atoms with Crippen LogP contribution < -0.4 is 0 Å². The summed E-state index contributed by atoms with van der Waals surface area (Å²) in [6.07, 6.45) is -1.97. The summed E-state index contributed by atoms with van der Waals surface area (Å²) >= 11 is 0. The van der Waals surface area contributed by atoms with Crippen LogP contribution in [0.25, 0.3) is 0 Å². The second-order valence-electron chi connectivity index (χ2n) is 5.21. The highest BCUT2D eigenvalue weighted by Crippen LogP contribution is 1.93. The minimum atomic E-state index is -0.983. The van der Waals surface area contributed by atoms with Crippen molar-refractivity contribution < 1.29 is 47.6 Å². The van der Waals surface area contributed by atoms with Crippen LogP contribution in [0.5, 0.6) is 0 Å². The lowest BCUT2D eigenvalue weighted by Crippen LogP contribution is -2.15. The summed E-state index contributed by atoms with van der Waals surface area (Å²) in [5.74, 6) is 8.39. The van der Waals surface area contributed by atoms with E-state index in [1.807, 2.05) is 0 Å². The summed E-state index contributed by atoms with van der Waals surface area (Å²) in [5.41, 5.74) is 0.468. The average molecular weight is 422 g/mol. The number of ether oxygens (including phenoxy) is 6. The topological polar surface area (TPSA) is 124 Å². The first-order valence-corrected chi connectivity index (χ1v) is 8.44. The molecule has 0 aliphatic carbocycles. The second kappa shape index (κ2) is 16.1. The molecule has 0 aliphatic heterocycles. The minimum Gasteiger partial charge on any atom is -0.459 e. The lowest BCUT2D eigenvalue weighted by molar-refractivity contribution is -0.140. The molecule has 0 aliphatic rings. The van der Waals surface area contributed by atoms with Crippen molar-refractivity contribution in [3.63, 3.8) is 0 Å². The van der Waals surface area contributed by atoms with Gasteiger partial charge < -0.3 is 28.4 Å². The molecule has 30 heavy (non-hydrogen) atoms. The molecule has 0 aromatic carbocycles. The Kier molecular flexibility index (Phi) is 14.0. The van der Waals surface area contributed by atoms with Crippen LogP contribution in [-0.4, -0.2) is 63.9 Å². The molecule has 0 heterocycles. The zero-order valence-electron chi connectivity index (χ0n) is 16.7. The summed E-state index contributed by atoms with van der Waals surface area (Å²) in [7, 11) is 0. The van der Waals surface area contributed by atoms with Crippen molar-refractivity contribution in [1.82, 2.24) is 0 Å². The van der Waals surface area contributed by atoms with Crippen LogP contribution in [-0.2, 0) is 38.0 Å². The Morgan fingerprint density at radius 2 is 0.933 bits per heavy atom. The van der Waals surface area contributed by atoms with Crippen molar-refractivity contribution in [2.24, 2.45) is 0 Å². The Labute approximate surface area is 174 Å². The SMILES string of the molecule is C=C(C)C(=O)OCCOC(=O)OCC#CC#CCOC(=O)OCCOC(=O)C(=C)C. The molecule has 0 aromatic heterocycles. The van der Waals surface area contributed by atoms with Gasteiger partial charge in [-0.05, 0) is 37.5 Å². The lowest BCUT2D eigenvalue weighted by atomic mass is 10.4. The molecule has 0 amide bonds. The van der Waals surface area contributed by atoms with Crippen molar-refractivity contribution in [1.29, 1.82) is 0 Å². The van der Waals surface area contributed by atoms with Gasteiger partial charge in [0.2, 0.25) is 0 Å². The summed E-state index contributed by atoms with van der Waals surface area (Å²) in [6.45, 7) is 8.64. The van der Waals surface area contributed by atoms with E-state index in [9.17, 15) is 19.2 Å². The van der Waals surface area contributed by atoms with Crippen LogP contribution in [0, 0.1) is 23.7 Å². The third-order valence-electron chi connectivity index (χ3n) is 2.53. The fraction of sp³-hybridized carbons (Fsp3) is 0.400. The number of rotatable bonds is 10. The zero-order valence-corrected chi connectivity index (χ0v) is 16.7. The lowest BCUT2D eigenvalue weighted by Gasteiger charge is -2.05. The van der Waals surface area contributed by atoms with Crippen molar-refractivity contribution in [2.75, 3.05) is 39.6 Å². The van der Waals surface area contributed by atoms with Crippen LogP contribution in [0.3, 0.4) is 0 Å². The standard InChI is InChI=1S/C20H22O10/c1-15(2)17(21)25-11-13-29-19(23)27-9-7-5-6-8-10-28-20(24)30-14-12-26-18(22)16(3)4/h1,3,9-14H2,2,4H3. The summed E-state index contributed by atoms with van der Waals surface area (Å²) in [4.78, 5) is 44.5. The molecule has 0 fully saturated rings. The predicted molar refractivity (Wildman–Crippen MR) is 102 cm³/mol. The van der Waals surface area contributed by atoms with Gasteiger partial charge in [-0.15, -0.1) is 0 Å². The Morgan fingerprint density at radius 3 is 1.27 bits per heavy atom. The molecule has 10 heteroatoms. The molecule has 0 saturated carbocycles. The first-order valence-electron chi connectivity index (χ1n) is 8.44. The number of carbonyl (C=O) groups excluding carboxylic acids is 4. The molecular formula is C20H22O10. The van der Waals surface area contributed by atoms with E-state index in [-0.39, 0.29) is 50.8 Å². The van der Waals surface area contributed by atoms with Crippen LogP contribution in [0.4, 0.5) is 9.59 Å². The van der Waals surface area contributed by atoms with Gasteiger partial charge in [-0.25, -0.2) is 19.2 Å². The molecule has 0 bridgehead atoms. The molecule has 0 rings (SSSR count). The summed E-state index contributed by atoms with van der Waals surface area (Å²) < 4.78 is 27.9. The molecule has 0 unspecified atom stereocenters. The highest BCUT2D eigenvalue weighted by atomic mass is 16.7. The van der Waals surface area contributed by atoms with Crippen molar-refractivity contribution in [3.05, 3.63) is 24.3 Å². The maximum absolute atomic E-state index is 11.2. The fourth-order valence-electron chi connectivity index (χ4n) is 1.20. The number of hydrogen-bond acceptors (Lipinski definition) is 10. The maximum atomic E-state index is 11.2. The van der Waals surface area contributed by atoms with E-state index >= 15 is 0 Å². The van der Waals surface area contributed by atoms with Crippen molar-refractivity contribution in [3.8, 4) is 23.7 Å². The number of hydrogen-bond donors (Lipinski definition) is 0. The van der Waals surface area contributed by atoms with Gasteiger partial charge in [0, 0.05) is 11.1 Å². The van der Waals surface area contributed by atoms with E-state index in [2.05, 4.69) is 55.8 Å². The molecule has 0 radical (unpaired) electrons. The van der Waals surface area contributed by atoms with Gasteiger partial charge in [-0.1, -0.05) is 13.2 Å². The Hall–Kier alpha value is -3.92. The van der Waals surface area contributed by atoms with E-state index in [0.29, 0.717) is 0 Å². The number of carbonyl (C=O) groups is 4. The Balaban J connectivity index is 3.76. The summed E-state index contributed by atoms with van der Waals surface area (Å²) in [5, 5.41) is 0. The largest absolute Gasteiger partial charge is 0.509 e. The minimum absolute atomic E-state index is 0.125. The zero-order chi connectivity index (χ0) is 22.8. The van der Waals surface area contributed by atoms with Crippen LogP contribution >= 0.6 is 0 Å². The number of esters is 2. The summed E-state index contributed by atoms with van der Waals surface area (Å²) in [6, 6.07) is 0. The van der Waals surface area contributed by atoms with Gasteiger partial charge in [0.1, 0.15) is 26.4 Å². The van der Waals surface area contributed by atoms with Gasteiger partial charge in [-0.3, -0.25) is 0 Å². The first-order chi connectivity index (χ1) is 14.2. The van der Waals surface area contributed by atoms with Crippen molar-refractivity contribution >= 4 is 24.2 Å². The van der Waals surface area contributed by atoms with E-state index < -0.39 is 24.2 Å². The highest BCUT2D eigenvalue weighted by molar-refractivity contribution is 5.87. The fourth-order valence-corrected chi connectivity index (χ4v) is 1.20. The highest BCUT2D eigenvalue weighted by Gasteiger charge is 2.06. The van der Waals surface area contributed by atoms with E-state index in [1.54, 1.807) is 0 Å².